The monoisotopic (exact) mass is 501 g/mol. The highest BCUT2D eigenvalue weighted by Crippen LogP contribution is 2.42. The number of fused-ring (bicyclic) bond motifs is 1. The van der Waals surface area contributed by atoms with Crippen molar-refractivity contribution in [3.63, 3.8) is 0 Å². The van der Waals surface area contributed by atoms with Crippen LogP contribution in [0.1, 0.15) is 49.2 Å². The van der Waals surface area contributed by atoms with Crippen LogP contribution in [-0.2, 0) is 14.3 Å². The molecule has 4 rings (SSSR count). The molecule has 0 aromatic heterocycles. The van der Waals surface area contributed by atoms with Gasteiger partial charge in [0.15, 0.2) is 0 Å². The van der Waals surface area contributed by atoms with Crippen molar-refractivity contribution < 1.29 is 23.9 Å². The summed E-state index contributed by atoms with van der Waals surface area (Å²) in [6, 6.07) is 18.7. The molecule has 2 N–H and O–H groups in total. The van der Waals surface area contributed by atoms with E-state index in [9.17, 15) is 14.4 Å². The van der Waals surface area contributed by atoms with Crippen LogP contribution in [0.5, 0.6) is 5.75 Å². The van der Waals surface area contributed by atoms with E-state index in [2.05, 4.69) is 16.7 Å². The summed E-state index contributed by atoms with van der Waals surface area (Å²) in [5.74, 6) is -0.0762. The number of anilines is 3. The minimum atomic E-state index is -0.440. The summed E-state index contributed by atoms with van der Waals surface area (Å²) in [7, 11) is 2.89. The van der Waals surface area contributed by atoms with Gasteiger partial charge in [-0.1, -0.05) is 18.2 Å². The smallest absolute Gasteiger partial charge is 0.337 e. The Hall–Kier alpha value is -4.33. The number of methoxy groups -OCH3 is 2. The highest BCUT2D eigenvalue weighted by Gasteiger charge is 2.33. The Morgan fingerprint density at radius 2 is 1.70 bits per heavy atom. The number of nitrogens with zero attached hydrogens (tertiary/aromatic N) is 1. The minimum Gasteiger partial charge on any atom is -0.495 e. The van der Waals surface area contributed by atoms with Crippen molar-refractivity contribution in [3.8, 4) is 16.9 Å². The first-order chi connectivity index (χ1) is 17.7. The predicted molar refractivity (Wildman–Crippen MR) is 144 cm³/mol. The van der Waals surface area contributed by atoms with Crippen molar-refractivity contribution in [1.29, 1.82) is 0 Å². The second-order valence-corrected chi connectivity index (χ2v) is 9.11. The van der Waals surface area contributed by atoms with Gasteiger partial charge in [0, 0.05) is 31.3 Å². The molecule has 1 heterocycles. The van der Waals surface area contributed by atoms with Crippen LogP contribution in [0.2, 0.25) is 0 Å². The second kappa shape index (κ2) is 10.7. The molecule has 0 aliphatic carbocycles. The molecule has 2 amide bonds. The molecule has 1 aliphatic rings. The van der Waals surface area contributed by atoms with Gasteiger partial charge in [0.25, 0.3) is 0 Å². The third kappa shape index (κ3) is 5.43. The molecule has 0 radical (unpaired) electrons. The molecule has 0 saturated carbocycles. The van der Waals surface area contributed by atoms with Crippen LogP contribution in [0, 0.1) is 0 Å². The van der Waals surface area contributed by atoms with Crippen molar-refractivity contribution >= 4 is 34.8 Å². The Balaban J connectivity index is 1.76. The molecule has 0 fully saturated rings. The van der Waals surface area contributed by atoms with Crippen LogP contribution >= 0.6 is 0 Å². The molecule has 3 aromatic rings. The molecule has 0 bridgehead atoms. The van der Waals surface area contributed by atoms with Gasteiger partial charge in [-0.3, -0.25) is 9.59 Å². The summed E-state index contributed by atoms with van der Waals surface area (Å²) < 4.78 is 10.4. The summed E-state index contributed by atoms with van der Waals surface area (Å²) in [5, 5.41) is 6.40. The highest BCUT2D eigenvalue weighted by molar-refractivity contribution is 5.95. The fraction of sp³-hybridized carbons (Fsp3) is 0.276. The highest BCUT2D eigenvalue weighted by atomic mass is 16.5. The van der Waals surface area contributed by atoms with Gasteiger partial charge >= 0.3 is 5.97 Å². The Morgan fingerprint density at radius 1 is 0.946 bits per heavy atom. The zero-order valence-corrected chi connectivity index (χ0v) is 21.6. The maximum Gasteiger partial charge on any atom is 0.337 e. The number of carbonyl (C=O) groups is 3. The van der Waals surface area contributed by atoms with E-state index in [-0.39, 0.29) is 23.9 Å². The van der Waals surface area contributed by atoms with Crippen molar-refractivity contribution in [2.75, 3.05) is 29.8 Å². The van der Waals surface area contributed by atoms with Crippen LogP contribution in [0.4, 0.5) is 17.1 Å². The lowest BCUT2D eigenvalue weighted by Crippen LogP contribution is -2.43. The standard InChI is InChI=1S/C29H31N3O5/c1-17-13-26(31-25-11-9-22(29(35)37-5)16-28(25)36-4)24-15-21(10-12-27(24)32(17)19(3)34)20-7-6-8-23(14-20)30-18(2)33/h6-12,14-17,26,31H,13H2,1-5H3,(H,30,33). The van der Waals surface area contributed by atoms with Gasteiger partial charge in [-0.25, -0.2) is 4.79 Å². The lowest BCUT2D eigenvalue weighted by atomic mass is 9.88. The third-order valence-electron chi connectivity index (χ3n) is 6.49. The molecule has 8 nitrogen and oxygen atoms in total. The molecular weight excluding hydrogens is 470 g/mol. The largest absolute Gasteiger partial charge is 0.495 e. The number of amides is 2. The van der Waals surface area contributed by atoms with E-state index in [1.807, 2.05) is 48.2 Å². The van der Waals surface area contributed by atoms with Crippen LogP contribution < -0.4 is 20.3 Å². The van der Waals surface area contributed by atoms with Gasteiger partial charge in [0.1, 0.15) is 5.75 Å². The number of nitrogens with one attached hydrogen (secondary N) is 2. The molecule has 2 atom stereocenters. The number of hydrogen-bond acceptors (Lipinski definition) is 6. The average Bonchev–Trinajstić information content (AvgIpc) is 2.87. The zero-order valence-electron chi connectivity index (χ0n) is 21.6. The number of hydrogen-bond donors (Lipinski definition) is 2. The first-order valence-electron chi connectivity index (χ1n) is 12.1. The predicted octanol–water partition coefficient (Wildman–Crippen LogP) is 5.41. The molecule has 0 saturated heterocycles. The van der Waals surface area contributed by atoms with Crippen molar-refractivity contribution in [1.82, 2.24) is 0 Å². The Labute approximate surface area is 216 Å². The van der Waals surface area contributed by atoms with Gasteiger partial charge in [0.2, 0.25) is 11.8 Å². The van der Waals surface area contributed by atoms with E-state index >= 15 is 0 Å². The van der Waals surface area contributed by atoms with E-state index in [1.54, 1.807) is 32.2 Å². The van der Waals surface area contributed by atoms with Gasteiger partial charge in [0.05, 0.1) is 31.5 Å². The number of ether oxygens (including phenoxy) is 2. The quantitative estimate of drug-likeness (QED) is 0.439. The Morgan fingerprint density at radius 3 is 2.38 bits per heavy atom. The van der Waals surface area contributed by atoms with Crippen LogP contribution in [-0.4, -0.2) is 38.0 Å². The molecule has 37 heavy (non-hydrogen) atoms. The molecule has 8 heteroatoms. The number of esters is 1. The van der Waals surface area contributed by atoms with E-state index in [1.165, 1.54) is 14.0 Å². The van der Waals surface area contributed by atoms with E-state index < -0.39 is 5.97 Å². The summed E-state index contributed by atoms with van der Waals surface area (Å²) in [6.07, 6.45) is 0.671. The molecule has 2 unspecified atom stereocenters. The van der Waals surface area contributed by atoms with E-state index in [0.29, 0.717) is 23.4 Å². The summed E-state index contributed by atoms with van der Waals surface area (Å²) in [6.45, 7) is 5.08. The fourth-order valence-corrected chi connectivity index (χ4v) is 4.88. The summed E-state index contributed by atoms with van der Waals surface area (Å²) in [5.41, 5.74) is 5.56. The fourth-order valence-electron chi connectivity index (χ4n) is 4.88. The first-order valence-corrected chi connectivity index (χ1v) is 12.1. The maximum absolute atomic E-state index is 12.6. The molecular formula is C29H31N3O5. The van der Waals surface area contributed by atoms with E-state index in [0.717, 1.165) is 28.1 Å². The SMILES string of the molecule is COC(=O)c1ccc(NC2CC(C)N(C(C)=O)c3ccc(-c4cccc(NC(C)=O)c4)cc32)c(OC)c1. The molecule has 1 aliphatic heterocycles. The molecule has 192 valence electrons. The Bertz CT molecular complexity index is 1350. The lowest BCUT2D eigenvalue weighted by molar-refractivity contribution is -0.117. The van der Waals surface area contributed by atoms with E-state index in [4.69, 9.17) is 9.47 Å². The summed E-state index contributed by atoms with van der Waals surface area (Å²) in [4.78, 5) is 37.9. The van der Waals surface area contributed by atoms with Gasteiger partial charge < -0.3 is 25.0 Å². The molecule has 3 aromatic carbocycles. The van der Waals surface area contributed by atoms with Gasteiger partial charge in [-0.15, -0.1) is 0 Å². The van der Waals surface area contributed by atoms with Crippen LogP contribution in [0.3, 0.4) is 0 Å². The van der Waals surface area contributed by atoms with Crippen LogP contribution in [0.15, 0.2) is 60.7 Å². The third-order valence-corrected chi connectivity index (χ3v) is 6.49. The second-order valence-electron chi connectivity index (χ2n) is 9.11. The van der Waals surface area contributed by atoms with Crippen LogP contribution in [0.25, 0.3) is 11.1 Å². The number of carbonyl (C=O) groups excluding carboxylic acids is 3. The number of benzene rings is 3. The molecule has 0 spiro atoms. The van der Waals surface area contributed by atoms with Crippen molar-refractivity contribution in [2.24, 2.45) is 0 Å². The normalized spacial score (nSPS) is 16.4. The number of rotatable bonds is 6. The zero-order chi connectivity index (χ0) is 26.7. The first kappa shape index (κ1) is 25.8. The van der Waals surface area contributed by atoms with Gasteiger partial charge in [-0.2, -0.15) is 0 Å². The summed E-state index contributed by atoms with van der Waals surface area (Å²) >= 11 is 0. The maximum atomic E-state index is 12.6. The van der Waals surface area contributed by atoms with Gasteiger partial charge in [-0.05, 0) is 72.5 Å². The lowest BCUT2D eigenvalue weighted by Gasteiger charge is -2.40. The topological polar surface area (TPSA) is 97.0 Å². The average molecular weight is 502 g/mol. The Kier molecular flexibility index (Phi) is 7.47. The van der Waals surface area contributed by atoms with Crippen molar-refractivity contribution in [3.05, 3.63) is 71.8 Å². The minimum absolute atomic E-state index is 0.0207. The van der Waals surface area contributed by atoms with Crippen molar-refractivity contribution in [2.45, 2.75) is 39.3 Å².